The van der Waals surface area contributed by atoms with Crippen molar-refractivity contribution in [2.75, 3.05) is 7.11 Å². The van der Waals surface area contributed by atoms with Crippen LogP contribution < -0.4 is 4.57 Å². The topological polar surface area (TPSA) is 61.4 Å². The Morgan fingerprint density at radius 1 is 0.970 bits per heavy atom. The maximum atomic E-state index is 12.4. The summed E-state index contributed by atoms with van der Waals surface area (Å²) in [5, 5.41) is 0. The van der Waals surface area contributed by atoms with Crippen LogP contribution in [0.1, 0.15) is 110 Å². The highest BCUT2D eigenvalue weighted by atomic mass is 16.5. The number of aromatic nitrogens is 2. The fraction of sp³-hybridized carbons (Fsp3) is 0.741. The van der Waals surface area contributed by atoms with Gasteiger partial charge in [0.05, 0.1) is 14.2 Å². The van der Waals surface area contributed by atoms with Gasteiger partial charge in [-0.3, -0.25) is 4.79 Å². The number of unbranched alkanes of at least 4 members (excludes halogenated alkanes) is 9. The Bertz CT molecular complexity index is 698. The van der Waals surface area contributed by atoms with Gasteiger partial charge in [0.1, 0.15) is 24.5 Å². The summed E-state index contributed by atoms with van der Waals surface area (Å²) in [4.78, 5) is 23.7. The van der Waals surface area contributed by atoms with Crippen LogP contribution in [0, 0.1) is 0 Å². The number of imidazole rings is 1. The lowest BCUT2D eigenvalue weighted by Gasteiger charge is -2.25. The zero-order valence-electron chi connectivity index (χ0n) is 21.5. The van der Waals surface area contributed by atoms with E-state index in [9.17, 15) is 9.59 Å². The van der Waals surface area contributed by atoms with Crippen molar-refractivity contribution in [3.05, 3.63) is 30.9 Å². The van der Waals surface area contributed by atoms with Crippen molar-refractivity contribution in [2.45, 2.75) is 116 Å². The Kier molecular flexibility index (Phi) is 15.2. The first-order valence-corrected chi connectivity index (χ1v) is 12.8. The molecule has 1 aromatic rings. The Labute approximate surface area is 201 Å². The van der Waals surface area contributed by atoms with E-state index < -0.39 is 0 Å². The second-order valence-corrected chi connectivity index (χ2v) is 9.26. The van der Waals surface area contributed by atoms with Gasteiger partial charge < -0.3 is 9.47 Å². The fourth-order valence-corrected chi connectivity index (χ4v) is 4.14. The molecule has 6 heteroatoms. The molecule has 0 N–H and O–H groups in total. The van der Waals surface area contributed by atoms with Gasteiger partial charge in [-0.2, -0.15) is 0 Å². The van der Waals surface area contributed by atoms with Crippen molar-refractivity contribution < 1.29 is 23.6 Å². The molecule has 0 amide bonds. The first-order chi connectivity index (χ1) is 15.9. The van der Waals surface area contributed by atoms with Crippen molar-refractivity contribution in [1.82, 2.24) is 4.57 Å². The van der Waals surface area contributed by atoms with Gasteiger partial charge in [-0.25, -0.2) is 13.9 Å². The van der Waals surface area contributed by atoms with Gasteiger partial charge in [-0.05, 0) is 39.0 Å². The number of ether oxygens (including phenoxy) is 2. The highest BCUT2D eigenvalue weighted by molar-refractivity contribution is 5.87. The lowest BCUT2D eigenvalue weighted by atomic mass is 9.97. The molecular formula is C27H47N2O4+. The van der Waals surface area contributed by atoms with Crippen LogP contribution in [-0.4, -0.2) is 29.7 Å². The average molecular weight is 464 g/mol. The second kappa shape index (κ2) is 17.4. The van der Waals surface area contributed by atoms with E-state index >= 15 is 0 Å². The summed E-state index contributed by atoms with van der Waals surface area (Å²) in [6.07, 6.45) is 20.8. The lowest BCUT2D eigenvalue weighted by molar-refractivity contribution is -0.671. The van der Waals surface area contributed by atoms with Crippen molar-refractivity contribution in [3.8, 4) is 0 Å². The first-order valence-electron chi connectivity index (χ1n) is 12.8. The number of carbonyl (C=O) groups excluding carboxylic acids is 2. The Hall–Kier alpha value is -2.11. The van der Waals surface area contributed by atoms with Crippen LogP contribution in [0.2, 0.25) is 0 Å². The first kappa shape index (κ1) is 28.9. The highest BCUT2D eigenvalue weighted by Crippen LogP contribution is 2.27. The fourth-order valence-electron chi connectivity index (χ4n) is 4.14. The molecule has 0 fully saturated rings. The summed E-state index contributed by atoms with van der Waals surface area (Å²) < 4.78 is 14.9. The van der Waals surface area contributed by atoms with E-state index in [0.717, 1.165) is 51.4 Å². The maximum Gasteiger partial charge on any atom is 0.333 e. The monoisotopic (exact) mass is 463 g/mol. The third kappa shape index (κ3) is 12.6. The molecule has 0 saturated heterocycles. The van der Waals surface area contributed by atoms with Gasteiger partial charge in [0.15, 0.2) is 0 Å². The van der Waals surface area contributed by atoms with Gasteiger partial charge in [0, 0.05) is 12.0 Å². The molecule has 0 bridgehead atoms. The number of hydrogen-bond acceptors (Lipinski definition) is 4. The minimum atomic E-state index is -0.296. The molecule has 0 saturated carbocycles. The Morgan fingerprint density at radius 3 is 2.15 bits per heavy atom. The standard InChI is InChI=1S/C27H47N2O4/c1-6-7-8-9-12-15-18-25(33-27(31)23(2)3)24(29-21-20-28(4)22-29)17-14-11-10-13-16-19-26(30)32-5/h20-22,24-25H,2,6-19H2,1,3-5H3/q+1. The molecule has 0 radical (unpaired) electrons. The maximum absolute atomic E-state index is 12.4. The molecule has 33 heavy (non-hydrogen) atoms. The average Bonchev–Trinajstić information content (AvgIpc) is 3.22. The summed E-state index contributed by atoms with van der Waals surface area (Å²) in [6, 6.07) is 0.111. The third-order valence-corrected chi connectivity index (χ3v) is 6.16. The van der Waals surface area contributed by atoms with E-state index in [4.69, 9.17) is 9.47 Å². The molecule has 2 unspecified atom stereocenters. The molecule has 0 aliphatic rings. The van der Waals surface area contributed by atoms with Crippen molar-refractivity contribution in [2.24, 2.45) is 7.05 Å². The normalized spacial score (nSPS) is 12.8. The number of nitrogens with zero attached hydrogens (tertiary/aromatic N) is 2. The molecular weight excluding hydrogens is 416 g/mol. The SMILES string of the molecule is C=C(C)C(=O)OC(CCCCCCCC)C(CCCCCCCC(=O)OC)n1cc[n+](C)c1. The van der Waals surface area contributed by atoms with Gasteiger partial charge in [0.2, 0.25) is 6.33 Å². The molecule has 0 aromatic carbocycles. The van der Waals surface area contributed by atoms with Crippen LogP contribution in [0.4, 0.5) is 0 Å². The van der Waals surface area contributed by atoms with Crippen LogP contribution in [0.3, 0.4) is 0 Å². The molecule has 0 aliphatic carbocycles. The summed E-state index contributed by atoms with van der Waals surface area (Å²) in [7, 11) is 3.45. The molecule has 0 aliphatic heterocycles. The van der Waals surface area contributed by atoms with Crippen LogP contribution in [0.5, 0.6) is 0 Å². The van der Waals surface area contributed by atoms with Crippen molar-refractivity contribution in [1.29, 1.82) is 0 Å². The number of carbonyl (C=O) groups is 2. The quantitative estimate of drug-likeness (QED) is 0.109. The van der Waals surface area contributed by atoms with Gasteiger partial charge >= 0.3 is 11.9 Å². The lowest BCUT2D eigenvalue weighted by Crippen LogP contribution is -2.31. The van der Waals surface area contributed by atoms with Crippen LogP contribution >= 0.6 is 0 Å². The predicted octanol–water partition coefficient (Wildman–Crippen LogP) is 6.00. The van der Waals surface area contributed by atoms with Crippen molar-refractivity contribution in [3.63, 3.8) is 0 Å². The van der Waals surface area contributed by atoms with Gasteiger partial charge in [0.25, 0.3) is 0 Å². The minimum absolute atomic E-state index is 0.111. The number of methoxy groups -OCH3 is 1. The molecule has 1 heterocycles. The molecule has 0 spiro atoms. The van der Waals surface area contributed by atoms with E-state index in [1.807, 2.05) is 17.8 Å². The molecule has 2 atom stereocenters. The van der Waals surface area contributed by atoms with E-state index in [1.165, 1.54) is 39.2 Å². The summed E-state index contributed by atoms with van der Waals surface area (Å²) in [5.41, 5.74) is 0.449. The highest BCUT2D eigenvalue weighted by Gasteiger charge is 2.30. The number of esters is 2. The van der Waals surface area contributed by atoms with Crippen LogP contribution in [0.15, 0.2) is 30.9 Å². The Morgan fingerprint density at radius 2 is 1.58 bits per heavy atom. The number of hydrogen-bond donors (Lipinski definition) is 0. The van der Waals surface area contributed by atoms with Gasteiger partial charge in [-0.1, -0.05) is 64.9 Å². The van der Waals surface area contributed by atoms with Gasteiger partial charge in [-0.15, -0.1) is 0 Å². The Balaban J connectivity index is 2.70. The van der Waals surface area contributed by atoms with E-state index in [2.05, 4.69) is 30.6 Å². The molecule has 1 aromatic heterocycles. The van der Waals surface area contributed by atoms with Crippen LogP contribution in [0.25, 0.3) is 0 Å². The van der Waals surface area contributed by atoms with E-state index in [1.54, 1.807) is 6.92 Å². The predicted molar refractivity (Wildman–Crippen MR) is 132 cm³/mol. The largest absolute Gasteiger partial charge is 0.469 e. The molecule has 188 valence electrons. The zero-order chi connectivity index (χ0) is 24.5. The number of rotatable bonds is 19. The smallest absolute Gasteiger partial charge is 0.333 e. The summed E-state index contributed by atoms with van der Waals surface area (Å²) >= 11 is 0. The van der Waals surface area contributed by atoms with Crippen molar-refractivity contribution >= 4 is 11.9 Å². The van der Waals surface area contributed by atoms with Crippen LogP contribution in [-0.2, 0) is 26.1 Å². The second-order valence-electron chi connectivity index (χ2n) is 9.26. The third-order valence-electron chi connectivity index (χ3n) is 6.16. The van der Waals surface area contributed by atoms with E-state index in [-0.39, 0.29) is 24.1 Å². The molecule has 1 rings (SSSR count). The minimum Gasteiger partial charge on any atom is -0.469 e. The molecule has 6 nitrogen and oxygen atoms in total. The summed E-state index contributed by atoms with van der Waals surface area (Å²) in [6.45, 7) is 7.72. The number of aryl methyl sites for hydroxylation is 1. The summed E-state index contributed by atoms with van der Waals surface area (Å²) in [5.74, 6) is -0.428. The van der Waals surface area contributed by atoms with E-state index in [0.29, 0.717) is 12.0 Å². The zero-order valence-corrected chi connectivity index (χ0v) is 21.5.